The van der Waals surface area contributed by atoms with E-state index in [1.54, 1.807) is 0 Å². The second-order valence-electron chi connectivity index (χ2n) is 4.21. The zero-order valence-electron chi connectivity index (χ0n) is 9.76. The van der Waals surface area contributed by atoms with E-state index in [-0.39, 0.29) is 10.3 Å². The number of aromatic amines is 1. The third-order valence-electron chi connectivity index (χ3n) is 3.00. The molecule has 1 aromatic heterocycles. The van der Waals surface area contributed by atoms with Gasteiger partial charge in [0.1, 0.15) is 18.3 Å². The van der Waals surface area contributed by atoms with Crippen LogP contribution in [-0.2, 0) is 11.3 Å². The second kappa shape index (κ2) is 5.49. The zero-order valence-corrected chi connectivity index (χ0v) is 10.6. The van der Waals surface area contributed by atoms with Crippen molar-refractivity contribution in [3.63, 3.8) is 0 Å². The third-order valence-corrected chi connectivity index (χ3v) is 3.32. The van der Waals surface area contributed by atoms with Gasteiger partial charge in [0.2, 0.25) is 0 Å². The van der Waals surface area contributed by atoms with Gasteiger partial charge >= 0.3 is 0 Å². The van der Waals surface area contributed by atoms with E-state index in [1.807, 2.05) is 0 Å². The van der Waals surface area contributed by atoms with Gasteiger partial charge in [0.25, 0.3) is 5.56 Å². The Balaban J connectivity index is 2.43. The average Bonchev–Trinajstić information content (AvgIpc) is 2.67. The first-order chi connectivity index (χ1) is 8.99. The van der Waals surface area contributed by atoms with Gasteiger partial charge in [-0.1, -0.05) is 0 Å². The van der Waals surface area contributed by atoms with Crippen LogP contribution in [0.5, 0.6) is 0 Å². The Bertz CT molecular complexity index is 570. The highest BCUT2D eigenvalue weighted by atomic mass is 32.1. The maximum absolute atomic E-state index is 11.4. The summed E-state index contributed by atoms with van der Waals surface area (Å²) in [6.07, 6.45) is -3.29. The Morgan fingerprint density at radius 2 is 2.05 bits per heavy atom. The number of nitrogens with zero attached hydrogens (tertiary/aromatic N) is 1. The molecular weight excluding hydrogens is 276 g/mol. The van der Waals surface area contributed by atoms with Crippen LogP contribution >= 0.6 is 12.2 Å². The Labute approximate surface area is 112 Å². The summed E-state index contributed by atoms with van der Waals surface area (Å²) in [6.45, 7) is -0.960. The summed E-state index contributed by atoms with van der Waals surface area (Å²) in [7, 11) is 0. The molecule has 0 aliphatic carbocycles. The van der Waals surface area contributed by atoms with E-state index < -0.39 is 43.3 Å². The van der Waals surface area contributed by atoms with Crippen LogP contribution in [0.4, 0.5) is 0 Å². The Hall–Kier alpha value is -1.10. The first-order valence-electron chi connectivity index (χ1n) is 5.57. The SMILES string of the molecule is O=c1[nH]c(=S)n(C2OC(CO)C(O)C2O)cc1CO. The predicted molar refractivity (Wildman–Crippen MR) is 64.8 cm³/mol. The largest absolute Gasteiger partial charge is 0.394 e. The lowest BCUT2D eigenvalue weighted by Crippen LogP contribution is -2.33. The molecule has 5 N–H and O–H groups in total. The van der Waals surface area contributed by atoms with Crippen LogP contribution in [0.25, 0.3) is 0 Å². The summed E-state index contributed by atoms with van der Waals surface area (Å²) in [5, 5.41) is 37.6. The van der Waals surface area contributed by atoms with Crippen molar-refractivity contribution in [3.05, 3.63) is 26.9 Å². The summed E-state index contributed by atoms with van der Waals surface area (Å²) < 4.78 is 6.50. The molecule has 0 aromatic carbocycles. The van der Waals surface area contributed by atoms with E-state index in [9.17, 15) is 15.0 Å². The van der Waals surface area contributed by atoms with Crippen LogP contribution in [0.1, 0.15) is 11.8 Å². The fourth-order valence-electron chi connectivity index (χ4n) is 1.94. The zero-order chi connectivity index (χ0) is 14.2. The van der Waals surface area contributed by atoms with Crippen molar-refractivity contribution in [1.29, 1.82) is 0 Å². The van der Waals surface area contributed by atoms with E-state index in [0.717, 1.165) is 0 Å². The molecule has 0 saturated carbocycles. The minimum absolute atomic E-state index is 0.0166. The molecule has 1 aromatic rings. The van der Waals surface area contributed by atoms with Crippen molar-refractivity contribution in [2.75, 3.05) is 6.61 Å². The summed E-state index contributed by atoms with van der Waals surface area (Å²) in [4.78, 5) is 13.7. The lowest BCUT2D eigenvalue weighted by atomic mass is 10.1. The number of aliphatic hydroxyl groups excluding tert-OH is 4. The molecule has 1 fully saturated rings. The van der Waals surface area contributed by atoms with Crippen LogP contribution in [0.3, 0.4) is 0 Å². The predicted octanol–water partition coefficient (Wildman–Crippen LogP) is -1.99. The van der Waals surface area contributed by atoms with Crippen LogP contribution in [-0.4, -0.2) is 54.9 Å². The highest BCUT2D eigenvalue weighted by Gasteiger charge is 2.43. The van der Waals surface area contributed by atoms with Gasteiger partial charge in [0, 0.05) is 6.20 Å². The number of hydrogen-bond acceptors (Lipinski definition) is 7. The number of aromatic nitrogens is 2. The Morgan fingerprint density at radius 1 is 1.37 bits per heavy atom. The smallest absolute Gasteiger partial charge is 0.257 e. The number of ether oxygens (including phenoxy) is 1. The third kappa shape index (κ3) is 2.48. The molecule has 1 aliphatic heterocycles. The monoisotopic (exact) mass is 290 g/mol. The molecule has 4 unspecified atom stereocenters. The quantitative estimate of drug-likeness (QED) is 0.408. The van der Waals surface area contributed by atoms with Crippen molar-refractivity contribution in [2.24, 2.45) is 0 Å². The van der Waals surface area contributed by atoms with Crippen molar-refractivity contribution in [1.82, 2.24) is 9.55 Å². The van der Waals surface area contributed by atoms with Gasteiger partial charge in [-0.25, -0.2) is 0 Å². The molecule has 1 aliphatic rings. The Morgan fingerprint density at radius 3 is 2.58 bits per heavy atom. The number of nitrogens with one attached hydrogen (secondary N) is 1. The molecule has 8 nitrogen and oxygen atoms in total. The van der Waals surface area contributed by atoms with Crippen molar-refractivity contribution < 1.29 is 25.2 Å². The normalized spacial score (nSPS) is 30.7. The summed E-state index contributed by atoms with van der Waals surface area (Å²) >= 11 is 4.94. The summed E-state index contributed by atoms with van der Waals surface area (Å²) in [5.74, 6) is 0. The van der Waals surface area contributed by atoms with Crippen LogP contribution in [0.2, 0.25) is 0 Å². The van der Waals surface area contributed by atoms with Crippen molar-refractivity contribution >= 4 is 12.2 Å². The molecular formula is C10H14N2O6S. The standard InChI is InChI=1S/C10H14N2O6S/c13-2-4-1-12(10(19)11-8(4)17)9-7(16)6(15)5(3-14)18-9/h1,5-7,9,13-16H,2-3H2,(H,11,17,19). The minimum Gasteiger partial charge on any atom is -0.394 e. The lowest BCUT2D eigenvalue weighted by Gasteiger charge is -2.18. The maximum atomic E-state index is 11.4. The van der Waals surface area contributed by atoms with E-state index in [0.29, 0.717) is 0 Å². The van der Waals surface area contributed by atoms with Gasteiger partial charge in [-0.15, -0.1) is 0 Å². The molecule has 0 spiro atoms. The van der Waals surface area contributed by atoms with Crippen LogP contribution in [0.15, 0.2) is 11.0 Å². The molecule has 19 heavy (non-hydrogen) atoms. The number of H-pyrrole nitrogens is 1. The number of rotatable bonds is 3. The molecule has 1 saturated heterocycles. The van der Waals surface area contributed by atoms with Gasteiger partial charge in [0.05, 0.1) is 18.8 Å². The van der Waals surface area contributed by atoms with Gasteiger partial charge in [-0.3, -0.25) is 14.3 Å². The molecule has 0 amide bonds. The van der Waals surface area contributed by atoms with Crippen molar-refractivity contribution in [2.45, 2.75) is 31.1 Å². The highest BCUT2D eigenvalue weighted by Crippen LogP contribution is 2.29. The molecule has 0 radical (unpaired) electrons. The fraction of sp³-hybridized carbons (Fsp3) is 0.600. The van der Waals surface area contributed by atoms with E-state index in [2.05, 4.69) is 4.98 Å². The molecule has 2 rings (SSSR count). The van der Waals surface area contributed by atoms with E-state index in [4.69, 9.17) is 27.2 Å². The number of aliphatic hydroxyl groups is 4. The minimum atomic E-state index is -1.30. The van der Waals surface area contributed by atoms with Crippen LogP contribution in [0, 0.1) is 4.77 Å². The van der Waals surface area contributed by atoms with Crippen LogP contribution < -0.4 is 5.56 Å². The first-order valence-corrected chi connectivity index (χ1v) is 5.98. The van der Waals surface area contributed by atoms with E-state index >= 15 is 0 Å². The maximum Gasteiger partial charge on any atom is 0.257 e. The highest BCUT2D eigenvalue weighted by molar-refractivity contribution is 7.71. The topological polar surface area (TPSA) is 128 Å². The van der Waals surface area contributed by atoms with Gasteiger partial charge < -0.3 is 25.2 Å². The lowest BCUT2D eigenvalue weighted by molar-refractivity contribution is -0.0543. The molecule has 4 atom stereocenters. The summed E-state index contributed by atoms with van der Waals surface area (Å²) in [6, 6.07) is 0. The average molecular weight is 290 g/mol. The van der Waals surface area contributed by atoms with E-state index in [1.165, 1.54) is 10.8 Å². The fourth-order valence-corrected chi connectivity index (χ4v) is 2.19. The van der Waals surface area contributed by atoms with Gasteiger partial charge in [-0.05, 0) is 12.2 Å². The molecule has 2 heterocycles. The first kappa shape index (κ1) is 14.3. The number of hydrogen-bond donors (Lipinski definition) is 5. The summed E-state index contributed by atoms with van der Waals surface area (Å²) in [5.41, 5.74) is -0.484. The molecule has 9 heteroatoms. The molecule has 106 valence electrons. The Kier molecular flexibility index (Phi) is 4.13. The second-order valence-corrected chi connectivity index (χ2v) is 4.59. The van der Waals surface area contributed by atoms with Gasteiger partial charge in [-0.2, -0.15) is 0 Å². The van der Waals surface area contributed by atoms with Gasteiger partial charge in [0.15, 0.2) is 11.0 Å². The molecule has 0 bridgehead atoms. The van der Waals surface area contributed by atoms with Crippen molar-refractivity contribution in [3.8, 4) is 0 Å².